The molecule has 2 aliphatic rings. The predicted molar refractivity (Wildman–Crippen MR) is 101 cm³/mol. The van der Waals surface area contributed by atoms with Crippen LogP contribution in [-0.2, 0) is 0 Å². The van der Waals surface area contributed by atoms with E-state index in [1.807, 2.05) is 6.07 Å². The van der Waals surface area contributed by atoms with Crippen molar-refractivity contribution in [3.05, 3.63) is 22.5 Å². The number of pyridine rings is 1. The van der Waals surface area contributed by atoms with Gasteiger partial charge in [0.2, 0.25) is 5.76 Å². The molecule has 0 radical (unpaired) electrons. The number of hydrogen-bond acceptors (Lipinski definition) is 5. The number of nitriles is 1. The van der Waals surface area contributed by atoms with Crippen LogP contribution in [0.25, 0.3) is 11.0 Å². The van der Waals surface area contributed by atoms with Crippen LogP contribution in [-0.4, -0.2) is 34.6 Å². The van der Waals surface area contributed by atoms with Crippen molar-refractivity contribution >= 4 is 32.7 Å². The van der Waals surface area contributed by atoms with E-state index in [-0.39, 0.29) is 0 Å². The molecule has 0 spiro atoms. The van der Waals surface area contributed by atoms with E-state index in [1.165, 1.54) is 45.1 Å². The van der Waals surface area contributed by atoms with Crippen LogP contribution < -0.4 is 5.32 Å². The second kappa shape index (κ2) is 6.97. The van der Waals surface area contributed by atoms with Gasteiger partial charge in [-0.25, -0.2) is 4.98 Å². The molecule has 1 saturated heterocycles. The van der Waals surface area contributed by atoms with E-state index in [1.54, 1.807) is 12.3 Å². The number of hydrogen-bond donors (Lipinski definition) is 1. The lowest BCUT2D eigenvalue weighted by Crippen LogP contribution is -2.42. The monoisotopic (exact) mass is 402 g/mol. The third-order valence-electron chi connectivity index (χ3n) is 5.74. The summed E-state index contributed by atoms with van der Waals surface area (Å²) in [5, 5.41) is 13.5. The maximum atomic E-state index is 8.99. The summed E-state index contributed by atoms with van der Waals surface area (Å²) in [7, 11) is 0. The average molecular weight is 403 g/mol. The molecule has 1 atom stereocenters. The lowest BCUT2D eigenvalue weighted by Gasteiger charge is -2.37. The third-order valence-corrected chi connectivity index (χ3v) is 6.54. The van der Waals surface area contributed by atoms with Crippen molar-refractivity contribution in [2.75, 3.05) is 11.9 Å². The Labute approximate surface area is 156 Å². The molecule has 132 valence electrons. The largest absolute Gasteiger partial charge is 0.444 e. The lowest BCUT2D eigenvalue weighted by atomic mass is 9.90. The molecular formula is C19H23BrN4O. The molecule has 1 N–H and O–H groups in total. The summed E-state index contributed by atoms with van der Waals surface area (Å²) in [6, 6.07) is 5.76. The van der Waals surface area contributed by atoms with Crippen LogP contribution in [0, 0.1) is 11.3 Å². The molecule has 0 bridgehead atoms. The Bertz CT molecular complexity index is 804. The van der Waals surface area contributed by atoms with E-state index >= 15 is 0 Å². The van der Waals surface area contributed by atoms with Gasteiger partial charge in [0.15, 0.2) is 5.58 Å². The van der Waals surface area contributed by atoms with Crippen LogP contribution in [0.2, 0.25) is 0 Å². The molecule has 0 aromatic carbocycles. The van der Waals surface area contributed by atoms with E-state index in [2.05, 4.69) is 38.1 Å². The Hall–Kier alpha value is -1.58. The highest BCUT2D eigenvalue weighted by molar-refractivity contribution is 9.10. The van der Waals surface area contributed by atoms with Gasteiger partial charge in [0.05, 0.1) is 10.7 Å². The molecule has 1 aliphatic heterocycles. The van der Waals surface area contributed by atoms with E-state index < -0.39 is 0 Å². The molecule has 2 fully saturated rings. The van der Waals surface area contributed by atoms with Crippen LogP contribution in [0.4, 0.5) is 5.82 Å². The number of aromatic nitrogens is 1. The standard InChI is InChI=1S/C19H23BrN4O/c1-12-3-2-8-24(12)14-6-4-13(5-7-14)23-19-18(20)16-9-15(10-21)25-17(16)11-22-19/h9,11-14H,2-8H2,1H3,(H,22,23). The quantitative estimate of drug-likeness (QED) is 0.807. The van der Waals surface area contributed by atoms with Gasteiger partial charge < -0.3 is 9.73 Å². The Balaban J connectivity index is 1.42. The van der Waals surface area contributed by atoms with E-state index in [4.69, 9.17) is 9.68 Å². The number of fused-ring (bicyclic) bond motifs is 1. The van der Waals surface area contributed by atoms with Crippen LogP contribution >= 0.6 is 15.9 Å². The summed E-state index contributed by atoms with van der Waals surface area (Å²) in [4.78, 5) is 7.20. The van der Waals surface area contributed by atoms with Gasteiger partial charge in [-0.2, -0.15) is 5.26 Å². The fourth-order valence-electron chi connectivity index (χ4n) is 4.38. The third kappa shape index (κ3) is 3.28. The van der Waals surface area contributed by atoms with Gasteiger partial charge in [-0.15, -0.1) is 0 Å². The summed E-state index contributed by atoms with van der Waals surface area (Å²) in [6.07, 6.45) is 9.26. The molecule has 5 nitrogen and oxygen atoms in total. The van der Waals surface area contributed by atoms with Gasteiger partial charge in [0.25, 0.3) is 0 Å². The van der Waals surface area contributed by atoms with Crippen molar-refractivity contribution in [1.29, 1.82) is 5.26 Å². The SMILES string of the molecule is CC1CCCN1C1CCC(Nc2ncc3oc(C#N)cc3c2Br)CC1. The smallest absolute Gasteiger partial charge is 0.204 e. The number of nitrogens with zero attached hydrogens (tertiary/aromatic N) is 3. The first-order valence-electron chi connectivity index (χ1n) is 9.16. The van der Waals surface area contributed by atoms with Crippen LogP contribution in [0.5, 0.6) is 0 Å². The van der Waals surface area contributed by atoms with Gasteiger partial charge in [-0.3, -0.25) is 4.90 Å². The highest BCUT2D eigenvalue weighted by atomic mass is 79.9. The van der Waals surface area contributed by atoms with Gasteiger partial charge >= 0.3 is 0 Å². The topological polar surface area (TPSA) is 65.1 Å². The number of nitrogens with one attached hydrogen (secondary N) is 1. The molecular weight excluding hydrogens is 380 g/mol. The zero-order chi connectivity index (χ0) is 17.4. The highest BCUT2D eigenvalue weighted by Gasteiger charge is 2.31. The number of anilines is 1. The molecule has 4 rings (SSSR count). The average Bonchev–Trinajstić information content (AvgIpc) is 3.24. The number of furan rings is 1. The van der Waals surface area contributed by atoms with Gasteiger partial charge in [0.1, 0.15) is 11.9 Å². The highest BCUT2D eigenvalue weighted by Crippen LogP contribution is 2.34. The molecule has 0 amide bonds. The first-order valence-corrected chi connectivity index (χ1v) is 9.95. The minimum Gasteiger partial charge on any atom is -0.444 e. The minimum atomic E-state index is 0.315. The Morgan fingerprint density at radius 1 is 1.32 bits per heavy atom. The van der Waals surface area contributed by atoms with E-state index in [0.717, 1.165) is 27.8 Å². The second-order valence-electron chi connectivity index (χ2n) is 7.30. The minimum absolute atomic E-state index is 0.315. The zero-order valence-corrected chi connectivity index (χ0v) is 16.1. The van der Waals surface area contributed by atoms with Gasteiger partial charge in [0, 0.05) is 29.6 Å². The van der Waals surface area contributed by atoms with Crippen molar-refractivity contribution in [2.24, 2.45) is 0 Å². The Kier molecular flexibility index (Phi) is 4.70. The molecule has 2 aromatic rings. The fourth-order valence-corrected chi connectivity index (χ4v) is 4.91. The van der Waals surface area contributed by atoms with Crippen molar-refractivity contribution in [3.63, 3.8) is 0 Å². The summed E-state index contributed by atoms with van der Waals surface area (Å²) in [5.74, 6) is 1.16. The molecule has 25 heavy (non-hydrogen) atoms. The summed E-state index contributed by atoms with van der Waals surface area (Å²) < 4.78 is 6.32. The number of rotatable bonds is 3. The van der Waals surface area contributed by atoms with Gasteiger partial charge in [-0.1, -0.05) is 0 Å². The van der Waals surface area contributed by atoms with Crippen LogP contribution in [0.1, 0.15) is 51.2 Å². The van der Waals surface area contributed by atoms with Crippen molar-refractivity contribution in [1.82, 2.24) is 9.88 Å². The Morgan fingerprint density at radius 3 is 2.80 bits per heavy atom. The van der Waals surface area contributed by atoms with Crippen molar-refractivity contribution in [2.45, 2.75) is 63.6 Å². The molecule has 1 aliphatic carbocycles. The summed E-state index contributed by atoms with van der Waals surface area (Å²) in [5.41, 5.74) is 0.640. The van der Waals surface area contributed by atoms with Crippen LogP contribution in [0.3, 0.4) is 0 Å². The van der Waals surface area contributed by atoms with Gasteiger partial charge in [-0.05, 0) is 67.9 Å². The molecule has 2 aromatic heterocycles. The summed E-state index contributed by atoms with van der Waals surface area (Å²) >= 11 is 3.62. The normalized spacial score (nSPS) is 27.5. The van der Waals surface area contributed by atoms with Crippen molar-refractivity contribution in [3.8, 4) is 6.07 Å². The Morgan fingerprint density at radius 2 is 2.12 bits per heavy atom. The second-order valence-corrected chi connectivity index (χ2v) is 8.09. The molecule has 1 unspecified atom stereocenters. The van der Waals surface area contributed by atoms with Crippen LogP contribution in [0.15, 0.2) is 21.2 Å². The zero-order valence-electron chi connectivity index (χ0n) is 14.5. The first kappa shape index (κ1) is 16.9. The van der Waals surface area contributed by atoms with Crippen molar-refractivity contribution < 1.29 is 4.42 Å². The lowest BCUT2D eigenvalue weighted by molar-refractivity contribution is 0.146. The molecule has 6 heteroatoms. The molecule has 3 heterocycles. The summed E-state index contributed by atoms with van der Waals surface area (Å²) in [6.45, 7) is 3.64. The fraction of sp³-hybridized carbons (Fsp3) is 0.579. The maximum Gasteiger partial charge on any atom is 0.204 e. The molecule has 1 saturated carbocycles. The maximum absolute atomic E-state index is 8.99. The first-order chi connectivity index (χ1) is 12.2. The predicted octanol–water partition coefficient (Wildman–Crippen LogP) is 4.67. The number of halogens is 1. The number of likely N-dealkylation sites (tertiary alicyclic amines) is 1. The van der Waals surface area contributed by atoms with E-state index in [9.17, 15) is 0 Å². The van der Waals surface area contributed by atoms with E-state index in [0.29, 0.717) is 17.4 Å².